The van der Waals surface area contributed by atoms with Gasteiger partial charge in [-0.1, -0.05) is 15.9 Å². The molecule has 0 saturated carbocycles. The molecule has 0 spiro atoms. The van der Waals surface area contributed by atoms with E-state index in [2.05, 4.69) is 20.9 Å². The molecule has 0 atom stereocenters. The maximum absolute atomic E-state index is 5.88. The van der Waals surface area contributed by atoms with Crippen molar-refractivity contribution in [1.29, 1.82) is 0 Å². The second-order valence-corrected chi connectivity index (χ2v) is 4.95. The molecule has 1 aromatic carbocycles. The van der Waals surface area contributed by atoms with Gasteiger partial charge in [0, 0.05) is 29.0 Å². The number of pyridine rings is 1. The van der Waals surface area contributed by atoms with Crippen molar-refractivity contribution < 1.29 is 4.74 Å². The highest BCUT2D eigenvalue weighted by atomic mass is 79.9. The Morgan fingerprint density at radius 2 is 1.94 bits per heavy atom. The van der Waals surface area contributed by atoms with Gasteiger partial charge in [-0.05, 0) is 43.2 Å². The van der Waals surface area contributed by atoms with Crippen LogP contribution in [0, 0.1) is 13.8 Å². The summed E-state index contributed by atoms with van der Waals surface area (Å²) < 4.78 is 6.99. The number of nitrogens with two attached hydrogens (primary N) is 1. The van der Waals surface area contributed by atoms with E-state index in [1.165, 1.54) is 0 Å². The molecule has 94 valence electrons. The van der Waals surface area contributed by atoms with Crippen LogP contribution in [0.4, 0.5) is 0 Å². The van der Waals surface area contributed by atoms with Gasteiger partial charge in [0.15, 0.2) is 0 Å². The number of hydrogen-bond acceptors (Lipinski definition) is 3. The van der Waals surface area contributed by atoms with Crippen molar-refractivity contribution >= 4 is 15.9 Å². The molecule has 0 unspecified atom stereocenters. The van der Waals surface area contributed by atoms with E-state index in [9.17, 15) is 0 Å². The number of ether oxygens (including phenoxy) is 1. The number of hydrogen-bond donors (Lipinski definition) is 1. The SMILES string of the molecule is Cc1cc(Oc2ccncc2CN)cc(C)c1Br. The molecule has 2 rings (SSSR count). The van der Waals surface area contributed by atoms with E-state index in [-0.39, 0.29) is 0 Å². The molecule has 2 N–H and O–H groups in total. The van der Waals surface area contributed by atoms with Crippen LogP contribution in [0.1, 0.15) is 16.7 Å². The lowest BCUT2D eigenvalue weighted by Crippen LogP contribution is -2.00. The largest absolute Gasteiger partial charge is 0.457 e. The summed E-state index contributed by atoms with van der Waals surface area (Å²) in [7, 11) is 0. The Morgan fingerprint density at radius 3 is 2.56 bits per heavy atom. The number of nitrogens with zero attached hydrogens (tertiary/aromatic N) is 1. The van der Waals surface area contributed by atoms with Crippen LogP contribution in [-0.2, 0) is 6.54 Å². The average molecular weight is 307 g/mol. The van der Waals surface area contributed by atoms with Gasteiger partial charge in [-0.25, -0.2) is 0 Å². The first-order chi connectivity index (χ1) is 8.61. The number of halogens is 1. The van der Waals surface area contributed by atoms with Crippen LogP contribution in [0.25, 0.3) is 0 Å². The standard InChI is InChI=1S/C14H15BrN2O/c1-9-5-12(6-10(2)14(9)15)18-13-3-4-17-8-11(13)7-16/h3-6,8H,7,16H2,1-2H3. The highest BCUT2D eigenvalue weighted by Gasteiger charge is 2.06. The molecule has 1 heterocycles. The summed E-state index contributed by atoms with van der Waals surface area (Å²) in [5.74, 6) is 1.57. The lowest BCUT2D eigenvalue weighted by atomic mass is 10.1. The van der Waals surface area contributed by atoms with Crippen molar-refractivity contribution in [3.8, 4) is 11.5 Å². The molecule has 0 aliphatic carbocycles. The number of aryl methyl sites for hydroxylation is 2. The summed E-state index contributed by atoms with van der Waals surface area (Å²) in [6.07, 6.45) is 3.43. The smallest absolute Gasteiger partial charge is 0.134 e. The van der Waals surface area contributed by atoms with E-state index in [0.717, 1.165) is 32.7 Å². The van der Waals surface area contributed by atoms with E-state index >= 15 is 0 Å². The molecule has 0 aliphatic rings. The summed E-state index contributed by atoms with van der Waals surface area (Å²) >= 11 is 3.54. The molecule has 0 amide bonds. The van der Waals surface area contributed by atoms with Crippen LogP contribution in [0.3, 0.4) is 0 Å². The Bertz CT molecular complexity index is 546. The minimum absolute atomic E-state index is 0.414. The molecular weight excluding hydrogens is 292 g/mol. The zero-order valence-electron chi connectivity index (χ0n) is 10.4. The lowest BCUT2D eigenvalue weighted by Gasteiger charge is -2.12. The molecule has 3 nitrogen and oxygen atoms in total. The predicted octanol–water partition coefficient (Wildman–Crippen LogP) is 3.71. The van der Waals surface area contributed by atoms with Crippen LogP contribution in [-0.4, -0.2) is 4.98 Å². The van der Waals surface area contributed by atoms with Gasteiger partial charge in [-0.15, -0.1) is 0 Å². The third kappa shape index (κ3) is 2.71. The third-order valence-electron chi connectivity index (χ3n) is 2.72. The summed E-state index contributed by atoms with van der Waals surface area (Å²) in [4.78, 5) is 4.04. The second kappa shape index (κ2) is 5.50. The van der Waals surface area contributed by atoms with Gasteiger partial charge >= 0.3 is 0 Å². The predicted molar refractivity (Wildman–Crippen MR) is 75.8 cm³/mol. The minimum atomic E-state index is 0.414. The maximum Gasteiger partial charge on any atom is 0.134 e. The monoisotopic (exact) mass is 306 g/mol. The number of benzene rings is 1. The Labute approximate surface area is 115 Å². The first kappa shape index (κ1) is 13.1. The van der Waals surface area contributed by atoms with Crippen molar-refractivity contribution in [2.75, 3.05) is 0 Å². The minimum Gasteiger partial charge on any atom is -0.457 e. The van der Waals surface area contributed by atoms with Crippen molar-refractivity contribution in [2.45, 2.75) is 20.4 Å². The van der Waals surface area contributed by atoms with Crippen molar-refractivity contribution in [2.24, 2.45) is 5.73 Å². The van der Waals surface area contributed by atoms with Gasteiger partial charge in [-0.2, -0.15) is 0 Å². The van der Waals surface area contributed by atoms with Crippen molar-refractivity contribution in [1.82, 2.24) is 4.98 Å². The van der Waals surface area contributed by atoms with Gasteiger partial charge in [-0.3, -0.25) is 4.98 Å². The maximum atomic E-state index is 5.88. The topological polar surface area (TPSA) is 48.1 Å². The summed E-state index contributed by atoms with van der Waals surface area (Å²) in [5.41, 5.74) is 8.85. The quantitative estimate of drug-likeness (QED) is 0.940. The Morgan fingerprint density at radius 1 is 1.28 bits per heavy atom. The molecule has 0 saturated heterocycles. The Balaban J connectivity index is 2.34. The van der Waals surface area contributed by atoms with E-state index in [1.54, 1.807) is 12.4 Å². The Kier molecular flexibility index (Phi) is 3.99. The number of aromatic nitrogens is 1. The molecule has 1 aromatic heterocycles. The average Bonchev–Trinajstić information content (AvgIpc) is 2.36. The van der Waals surface area contributed by atoms with Crippen LogP contribution in [0.15, 0.2) is 35.1 Å². The fourth-order valence-corrected chi connectivity index (χ4v) is 1.99. The fraction of sp³-hybridized carbons (Fsp3) is 0.214. The second-order valence-electron chi connectivity index (χ2n) is 4.16. The van der Waals surface area contributed by atoms with Gasteiger partial charge < -0.3 is 10.5 Å². The van der Waals surface area contributed by atoms with Gasteiger partial charge in [0.05, 0.1) is 0 Å². The molecule has 0 bridgehead atoms. The van der Waals surface area contributed by atoms with Crippen LogP contribution in [0.5, 0.6) is 11.5 Å². The van der Waals surface area contributed by atoms with E-state index in [0.29, 0.717) is 6.54 Å². The first-order valence-corrected chi connectivity index (χ1v) is 6.48. The number of rotatable bonds is 3. The molecule has 2 aromatic rings. The first-order valence-electron chi connectivity index (χ1n) is 5.69. The van der Waals surface area contributed by atoms with Crippen LogP contribution < -0.4 is 10.5 Å². The van der Waals surface area contributed by atoms with E-state index < -0.39 is 0 Å². The van der Waals surface area contributed by atoms with E-state index in [1.807, 2.05) is 32.0 Å². The summed E-state index contributed by atoms with van der Waals surface area (Å²) in [6, 6.07) is 5.82. The molecule has 0 radical (unpaired) electrons. The van der Waals surface area contributed by atoms with Gasteiger partial charge in [0.25, 0.3) is 0 Å². The Hall–Kier alpha value is -1.39. The highest BCUT2D eigenvalue weighted by Crippen LogP contribution is 2.30. The molecule has 4 heteroatoms. The van der Waals surface area contributed by atoms with E-state index in [4.69, 9.17) is 10.5 Å². The normalized spacial score (nSPS) is 10.4. The van der Waals surface area contributed by atoms with Gasteiger partial charge in [0.2, 0.25) is 0 Å². The fourth-order valence-electron chi connectivity index (χ4n) is 1.76. The van der Waals surface area contributed by atoms with Crippen molar-refractivity contribution in [3.63, 3.8) is 0 Å². The zero-order chi connectivity index (χ0) is 13.1. The summed E-state index contributed by atoms with van der Waals surface area (Å²) in [5, 5.41) is 0. The van der Waals surface area contributed by atoms with Crippen molar-refractivity contribution in [3.05, 3.63) is 51.8 Å². The van der Waals surface area contributed by atoms with Crippen LogP contribution >= 0.6 is 15.9 Å². The zero-order valence-corrected chi connectivity index (χ0v) is 12.0. The molecular formula is C14H15BrN2O. The molecule has 0 fully saturated rings. The highest BCUT2D eigenvalue weighted by molar-refractivity contribution is 9.10. The third-order valence-corrected chi connectivity index (χ3v) is 3.97. The van der Waals surface area contributed by atoms with Crippen LogP contribution in [0.2, 0.25) is 0 Å². The lowest BCUT2D eigenvalue weighted by molar-refractivity contribution is 0.474. The van der Waals surface area contributed by atoms with Gasteiger partial charge in [0.1, 0.15) is 11.5 Å². The summed E-state index contributed by atoms with van der Waals surface area (Å²) in [6.45, 7) is 4.50. The molecule has 18 heavy (non-hydrogen) atoms. The molecule has 0 aliphatic heterocycles.